The van der Waals surface area contributed by atoms with Gasteiger partial charge in [0.2, 0.25) is 0 Å². The van der Waals surface area contributed by atoms with E-state index in [0.717, 1.165) is 0 Å². The molecule has 0 aliphatic carbocycles. The number of rotatable bonds is 2. The van der Waals surface area contributed by atoms with Crippen molar-refractivity contribution >= 4 is 11.6 Å². The molecule has 0 aliphatic rings. The lowest BCUT2D eigenvalue weighted by molar-refractivity contribution is 0.149. The van der Waals surface area contributed by atoms with Gasteiger partial charge in [-0.2, -0.15) is 5.26 Å². The molecule has 0 aliphatic heterocycles. The second-order valence-corrected chi connectivity index (χ2v) is 3.13. The van der Waals surface area contributed by atoms with Crippen LogP contribution in [0.4, 0.5) is 8.78 Å². The Kier molecular flexibility index (Phi) is 3.37. The molecule has 0 bridgehead atoms. The van der Waals surface area contributed by atoms with Gasteiger partial charge in [0.05, 0.1) is 12.5 Å². The van der Waals surface area contributed by atoms with E-state index in [0.29, 0.717) is 0 Å². The fourth-order valence-corrected chi connectivity index (χ4v) is 1.49. The van der Waals surface area contributed by atoms with Crippen LogP contribution in [0.1, 0.15) is 23.2 Å². The maximum Gasteiger partial charge on any atom is 0.265 e. The number of hydrogen-bond donors (Lipinski definition) is 0. The summed E-state index contributed by atoms with van der Waals surface area (Å²) in [4.78, 5) is 3.71. The molecule has 5 heteroatoms. The summed E-state index contributed by atoms with van der Waals surface area (Å²) < 4.78 is 25.1. The zero-order chi connectivity index (χ0) is 10.7. The summed E-state index contributed by atoms with van der Waals surface area (Å²) >= 11 is 5.60. The Morgan fingerprint density at radius 3 is 2.79 bits per heavy atom. The van der Waals surface area contributed by atoms with Gasteiger partial charge in [-0.25, -0.2) is 13.8 Å². The summed E-state index contributed by atoms with van der Waals surface area (Å²) in [5.74, 6) is 0. The molecule has 14 heavy (non-hydrogen) atoms. The molecule has 0 N–H and O–H groups in total. The third kappa shape index (κ3) is 2.18. The minimum Gasteiger partial charge on any atom is -0.241 e. The topological polar surface area (TPSA) is 36.7 Å². The summed E-state index contributed by atoms with van der Waals surface area (Å²) in [6.07, 6.45) is -2.70. The van der Waals surface area contributed by atoms with Crippen molar-refractivity contribution in [2.24, 2.45) is 0 Å². The van der Waals surface area contributed by atoms with Crippen molar-refractivity contribution in [3.63, 3.8) is 0 Å². The third-order valence-electron chi connectivity index (χ3n) is 1.79. The van der Waals surface area contributed by atoms with Crippen LogP contribution < -0.4 is 0 Å². The maximum absolute atomic E-state index is 12.6. The van der Waals surface area contributed by atoms with Gasteiger partial charge in [0.25, 0.3) is 6.43 Å². The summed E-state index contributed by atoms with van der Waals surface area (Å²) in [5, 5.41) is 8.59. The molecule has 0 amide bonds. The van der Waals surface area contributed by atoms with Crippen molar-refractivity contribution in [2.75, 3.05) is 0 Å². The van der Waals surface area contributed by atoms with Crippen molar-refractivity contribution in [3.05, 3.63) is 28.0 Å². The van der Waals surface area contributed by atoms with Crippen molar-refractivity contribution in [2.45, 2.75) is 19.8 Å². The molecule has 0 unspecified atom stereocenters. The zero-order valence-electron chi connectivity index (χ0n) is 7.39. The Morgan fingerprint density at radius 1 is 1.64 bits per heavy atom. The van der Waals surface area contributed by atoms with E-state index in [4.69, 9.17) is 16.9 Å². The second kappa shape index (κ2) is 4.34. The minimum atomic E-state index is -2.62. The van der Waals surface area contributed by atoms with E-state index in [9.17, 15) is 8.78 Å². The van der Waals surface area contributed by atoms with E-state index in [-0.39, 0.29) is 28.4 Å². The van der Waals surface area contributed by atoms with Gasteiger partial charge in [-0.15, -0.1) is 0 Å². The Hall–Kier alpha value is -1.21. The van der Waals surface area contributed by atoms with Crippen LogP contribution in [0.5, 0.6) is 0 Å². The SMILES string of the molecule is Cc1nc(Cl)cc(CC#N)c1C(F)F. The molecule has 0 radical (unpaired) electrons. The first-order valence-electron chi connectivity index (χ1n) is 3.87. The van der Waals surface area contributed by atoms with Crippen LogP contribution in [0.2, 0.25) is 5.15 Å². The molecule has 1 rings (SSSR count). The normalized spacial score (nSPS) is 10.3. The van der Waals surface area contributed by atoms with Crippen LogP contribution in [0.25, 0.3) is 0 Å². The molecule has 1 aromatic heterocycles. The Balaban J connectivity index is 3.30. The number of nitriles is 1. The second-order valence-electron chi connectivity index (χ2n) is 2.74. The lowest BCUT2D eigenvalue weighted by atomic mass is 10.1. The van der Waals surface area contributed by atoms with Crippen molar-refractivity contribution in [3.8, 4) is 6.07 Å². The quantitative estimate of drug-likeness (QED) is 0.713. The summed E-state index contributed by atoms with van der Waals surface area (Å²) in [7, 11) is 0. The van der Waals surface area contributed by atoms with Gasteiger partial charge in [0, 0.05) is 11.3 Å². The van der Waals surface area contributed by atoms with Crippen LogP contribution in [0.15, 0.2) is 6.07 Å². The van der Waals surface area contributed by atoms with Gasteiger partial charge < -0.3 is 0 Å². The average Bonchev–Trinajstić information content (AvgIpc) is 2.01. The number of aryl methyl sites for hydroxylation is 1. The Bertz CT molecular complexity index is 385. The van der Waals surface area contributed by atoms with E-state index >= 15 is 0 Å². The fourth-order valence-electron chi connectivity index (χ4n) is 1.24. The summed E-state index contributed by atoms with van der Waals surface area (Å²) in [6, 6.07) is 3.12. The summed E-state index contributed by atoms with van der Waals surface area (Å²) in [5.41, 5.74) is 0.244. The monoisotopic (exact) mass is 216 g/mol. The predicted molar refractivity (Wildman–Crippen MR) is 48.3 cm³/mol. The average molecular weight is 217 g/mol. The first-order valence-corrected chi connectivity index (χ1v) is 4.25. The van der Waals surface area contributed by atoms with Gasteiger partial charge in [0.1, 0.15) is 5.15 Å². The molecule has 1 heterocycles. The predicted octanol–water partition coefficient (Wildman–Crippen LogP) is 3.05. The van der Waals surface area contributed by atoms with Gasteiger partial charge >= 0.3 is 0 Å². The molecule has 0 fully saturated rings. The fraction of sp³-hybridized carbons (Fsp3) is 0.333. The molecule has 0 aromatic carbocycles. The van der Waals surface area contributed by atoms with Crippen LogP contribution in [-0.4, -0.2) is 4.98 Å². The Labute approximate surface area is 85.1 Å². The minimum absolute atomic E-state index is 0.0806. The number of nitrogens with zero attached hydrogens (tertiary/aromatic N) is 2. The first-order chi connectivity index (χ1) is 6.56. The number of alkyl halides is 2. The summed E-state index contributed by atoms with van der Waals surface area (Å²) in [6.45, 7) is 1.45. The van der Waals surface area contributed by atoms with Gasteiger partial charge in [0.15, 0.2) is 0 Å². The van der Waals surface area contributed by atoms with Crippen LogP contribution >= 0.6 is 11.6 Å². The zero-order valence-corrected chi connectivity index (χ0v) is 8.15. The number of halogens is 3. The van der Waals surface area contributed by atoms with E-state index in [1.54, 1.807) is 0 Å². The molecule has 0 saturated carbocycles. The molecule has 74 valence electrons. The van der Waals surface area contributed by atoms with Crippen molar-refractivity contribution in [1.82, 2.24) is 4.98 Å². The van der Waals surface area contributed by atoms with Crippen molar-refractivity contribution < 1.29 is 8.78 Å². The van der Waals surface area contributed by atoms with E-state index in [1.807, 2.05) is 6.07 Å². The molecule has 0 atom stereocenters. The van der Waals surface area contributed by atoms with Crippen LogP contribution in [-0.2, 0) is 6.42 Å². The molecular formula is C9H7ClF2N2. The van der Waals surface area contributed by atoms with Gasteiger partial charge in [-0.3, -0.25) is 0 Å². The molecule has 1 aromatic rings. The van der Waals surface area contributed by atoms with Gasteiger partial charge in [-0.05, 0) is 18.6 Å². The highest BCUT2D eigenvalue weighted by atomic mass is 35.5. The standard InChI is InChI=1S/C9H7ClF2N2/c1-5-8(9(11)12)6(2-3-13)4-7(10)14-5/h4,9H,2H2,1H3. The molecular weight excluding hydrogens is 210 g/mol. The highest BCUT2D eigenvalue weighted by molar-refractivity contribution is 6.29. The van der Waals surface area contributed by atoms with E-state index in [1.165, 1.54) is 13.0 Å². The van der Waals surface area contributed by atoms with Crippen LogP contribution in [0.3, 0.4) is 0 Å². The highest BCUT2D eigenvalue weighted by Crippen LogP contribution is 2.27. The van der Waals surface area contributed by atoms with Crippen molar-refractivity contribution in [1.29, 1.82) is 5.26 Å². The van der Waals surface area contributed by atoms with Crippen LogP contribution in [0, 0.1) is 18.3 Å². The lowest BCUT2D eigenvalue weighted by Crippen LogP contribution is -2.00. The number of aromatic nitrogens is 1. The maximum atomic E-state index is 12.6. The molecule has 0 spiro atoms. The lowest BCUT2D eigenvalue weighted by Gasteiger charge is -2.09. The third-order valence-corrected chi connectivity index (χ3v) is 1.98. The Morgan fingerprint density at radius 2 is 2.29 bits per heavy atom. The highest BCUT2D eigenvalue weighted by Gasteiger charge is 2.17. The largest absolute Gasteiger partial charge is 0.265 e. The van der Waals surface area contributed by atoms with Gasteiger partial charge in [-0.1, -0.05) is 11.6 Å². The van der Waals surface area contributed by atoms with E-state index < -0.39 is 6.43 Å². The molecule has 2 nitrogen and oxygen atoms in total. The van der Waals surface area contributed by atoms with E-state index in [2.05, 4.69) is 4.98 Å². The molecule has 0 saturated heterocycles. The smallest absolute Gasteiger partial charge is 0.241 e. The number of pyridine rings is 1. The number of hydrogen-bond acceptors (Lipinski definition) is 2. The first kappa shape index (κ1) is 10.9.